The van der Waals surface area contributed by atoms with E-state index < -0.39 is 0 Å². The molecule has 1 amide bonds. The molecule has 0 spiro atoms. The van der Waals surface area contributed by atoms with Crippen LogP contribution in [0.15, 0.2) is 61.2 Å². The minimum Gasteiger partial charge on any atom is -0.326 e. The number of carbonyl (C=O) groups excluding carboxylic acids is 2. The molecule has 0 unspecified atom stereocenters. The first-order chi connectivity index (χ1) is 12.7. The molecule has 0 saturated heterocycles. The summed E-state index contributed by atoms with van der Waals surface area (Å²) in [7, 11) is 0. The number of hydrogen-bond donors (Lipinski definition) is 1. The van der Waals surface area contributed by atoms with Crippen LogP contribution in [0, 0.1) is 0 Å². The molecule has 0 saturated carbocycles. The minimum absolute atomic E-state index is 0.0238. The first-order valence-corrected chi connectivity index (χ1v) is 8.53. The second-order valence-electron chi connectivity index (χ2n) is 5.91. The molecule has 0 aliphatic carbocycles. The van der Waals surface area contributed by atoms with Crippen molar-refractivity contribution < 1.29 is 9.59 Å². The number of ketones is 1. The lowest BCUT2D eigenvalue weighted by Gasteiger charge is -2.07. The number of hydrogen-bond acceptors (Lipinski definition) is 4. The number of benzene rings is 2. The Bertz CT molecular complexity index is 869. The molecule has 26 heavy (non-hydrogen) atoms. The van der Waals surface area contributed by atoms with Crippen LogP contribution in [0.25, 0.3) is 5.69 Å². The number of anilines is 1. The zero-order chi connectivity index (χ0) is 18.4. The molecule has 3 aromatic rings. The molecule has 0 radical (unpaired) electrons. The van der Waals surface area contributed by atoms with Crippen LogP contribution in [0.2, 0.25) is 0 Å². The number of nitrogens with one attached hydrogen (secondary N) is 1. The maximum Gasteiger partial charge on any atom is 0.224 e. The molecule has 0 bridgehead atoms. The van der Waals surface area contributed by atoms with Gasteiger partial charge >= 0.3 is 0 Å². The van der Waals surface area contributed by atoms with E-state index in [0.717, 1.165) is 12.1 Å². The van der Waals surface area contributed by atoms with Crippen LogP contribution in [0.1, 0.15) is 35.7 Å². The number of amides is 1. The van der Waals surface area contributed by atoms with Gasteiger partial charge in [0.05, 0.1) is 5.69 Å². The quantitative estimate of drug-likeness (QED) is 0.664. The Labute approximate surface area is 151 Å². The molecule has 6 heteroatoms. The Hall–Kier alpha value is -3.28. The number of aryl methyl sites for hydroxylation is 1. The van der Waals surface area contributed by atoms with Crippen molar-refractivity contribution in [2.24, 2.45) is 0 Å². The summed E-state index contributed by atoms with van der Waals surface area (Å²) in [5, 5.41) is 6.85. The Morgan fingerprint density at radius 1 is 1.00 bits per heavy atom. The summed E-state index contributed by atoms with van der Waals surface area (Å²) in [6.45, 7) is 2.07. The normalized spacial score (nSPS) is 10.5. The Kier molecular flexibility index (Phi) is 5.53. The number of rotatable bonds is 7. The van der Waals surface area contributed by atoms with Gasteiger partial charge in [0.2, 0.25) is 5.91 Å². The average Bonchev–Trinajstić information content (AvgIpc) is 3.21. The molecular formula is C20H20N4O2. The highest BCUT2D eigenvalue weighted by Crippen LogP contribution is 2.13. The molecule has 2 aromatic carbocycles. The summed E-state index contributed by atoms with van der Waals surface area (Å²) in [6, 6.07) is 14.8. The fourth-order valence-corrected chi connectivity index (χ4v) is 2.56. The SMILES string of the molecule is CCc1ccc(C(=O)CCC(=O)Nc2ccc(-n3cncn3)cc2)cc1. The van der Waals surface area contributed by atoms with Crippen molar-refractivity contribution in [3.8, 4) is 5.69 Å². The molecule has 3 rings (SSSR count). The molecule has 0 fully saturated rings. The van der Waals surface area contributed by atoms with E-state index in [9.17, 15) is 9.59 Å². The van der Waals surface area contributed by atoms with E-state index in [1.54, 1.807) is 23.1 Å². The first-order valence-electron chi connectivity index (χ1n) is 8.53. The summed E-state index contributed by atoms with van der Waals surface area (Å²) < 4.78 is 1.63. The van der Waals surface area contributed by atoms with Crippen molar-refractivity contribution in [2.45, 2.75) is 26.2 Å². The van der Waals surface area contributed by atoms with Crippen molar-refractivity contribution in [2.75, 3.05) is 5.32 Å². The maximum atomic E-state index is 12.2. The zero-order valence-electron chi connectivity index (χ0n) is 14.6. The summed E-state index contributed by atoms with van der Waals surface area (Å²) in [4.78, 5) is 28.1. The van der Waals surface area contributed by atoms with Gasteiger partial charge in [0.25, 0.3) is 0 Å². The van der Waals surface area contributed by atoms with E-state index in [0.29, 0.717) is 11.3 Å². The minimum atomic E-state index is -0.183. The molecule has 0 aliphatic rings. The molecule has 6 nitrogen and oxygen atoms in total. The summed E-state index contributed by atoms with van der Waals surface area (Å²) in [5.74, 6) is -0.207. The second kappa shape index (κ2) is 8.20. The van der Waals surface area contributed by atoms with Gasteiger partial charge in [-0.05, 0) is 36.2 Å². The standard InChI is InChI=1S/C20H20N4O2/c1-2-15-3-5-16(6-4-15)19(25)11-12-20(26)23-17-7-9-18(10-8-17)24-14-21-13-22-24/h3-10,13-14H,2,11-12H2,1H3,(H,23,26). The maximum absolute atomic E-state index is 12.2. The van der Waals surface area contributed by atoms with Crippen molar-refractivity contribution in [1.82, 2.24) is 14.8 Å². The Morgan fingerprint density at radius 2 is 1.73 bits per heavy atom. The predicted molar refractivity (Wildman–Crippen MR) is 99.4 cm³/mol. The van der Waals surface area contributed by atoms with Crippen molar-refractivity contribution in [1.29, 1.82) is 0 Å². The van der Waals surface area contributed by atoms with E-state index in [1.807, 2.05) is 36.4 Å². The second-order valence-corrected chi connectivity index (χ2v) is 5.91. The number of Topliss-reactive ketones (excluding diaryl/α,β-unsaturated/α-hetero) is 1. The summed E-state index contributed by atoms with van der Waals surface area (Å²) in [6.07, 6.45) is 4.34. The van der Waals surface area contributed by atoms with Gasteiger partial charge in [0.1, 0.15) is 12.7 Å². The van der Waals surface area contributed by atoms with Gasteiger partial charge in [-0.15, -0.1) is 0 Å². The van der Waals surface area contributed by atoms with E-state index in [1.165, 1.54) is 11.9 Å². The molecule has 0 aliphatic heterocycles. The molecule has 1 N–H and O–H groups in total. The van der Waals surface area contributed by atoms with Gasteiger partial charge in [-0.2, -0.15) is 5.10 Å². The van der Waals surface area contributed by atoms with Gasteiger partial charge in [-0.3, -0.25) is 9.59 Å². The fourth-order valence-electron chi connectivity index (χ4n) is 2.56. The Morgan fingerprint density at radius 3 is 2.35 bits per heavy atom. The van der Waals surface area contributed by atoms with Gasteiger partial charge in [0.15, 0.2) is 5.78 Å². The van der Waals surface area contributed by atoms with E-state index in [-0.39, 0.29) is 24.5 Å². The van der Waals surface area contributed by atoms with Crippen LogP contribution in [0.4, 0.5) is 5.69 Å². The van der Waals surface area contributed by atoms with E-state index >= 15 is 0 Å². The fraction of sp³-hybridized carbons (Fsp3) is 0.200. The molecule has 1 heterocycles. The number of nitrogens with zero attached hydrogens (tertiary/aromatic N) is 3. The smallest absolute Gasteiger partial charge is 0.224 e. The van der Waals surface area contributed by atoms with Gasteiger partial charge in [0, 0.05) is 24.1 Å². The zero-order valence-corrected chi connectivity index (χ0v) is 14.6. The molecule has 1 aromatic heterocycles. The Balaban J connectivity index is 1.51. The van der Waals surface area contributed by atoms with Crippen LogP contribution in [-0.4, -0.2) is 26.5 Å². The van der Waals surface area contributed by atoms with Crippen molar-refractivity contribution in [3.63, 3.8) is 0 Å². The topological polar surface area (TPSA) is 76.9 Å². The molecule has 132 valence electrons. The van der Waals surface area contributed by atoms with Crippen molar-refractivity contribution >= 4 is 17.4 Å². The largest absolute Gasteiger partial charge is 0.326 e. The highest BCUT2D eigenvalue weighted by atomic mass is 16.2. The third kappa shape index (κ3) is 4.42. The third-order valence-corrected chi connectivity index (χ3v) is 4.10. The molecule has 0 atom stereocenters. The van der Waals surface area contributed by atoms with Crippen molar-refractivity contribution in [3.05, 3.63) is 72.3 Å². The lowest BCUT2D eigenvalue weighted by atomic mass is 10.0. The van der Waals surface area contributed by atoms with Crippen LogP contribution < -0.4 is 5.32 Å². The lowest BCUT2D eigenvalue weighted by Crippen LogP contribution is -2.13. The number of aromatic nitrogens is 3. The predicted octanol–water partition coefficient (Wildman–Crippen LogP) is 3.43. The average molecular weight is 348 g/mol. The van der Waals surface area contributed by atoms with Crippen LogP contribution in [0.3, 0.4) is 0 Å². The molecular weight excluding hydrogens is 328 g/mol. The van der Waals surface area contributed by atoms with Gasteiger partial charge in [-0.1, -0.05) is 31.2 Å². The van der Waals surface area contributed by atoms with E-state index in [4.69, 9.17) is 0 Å². The van der Waals surface area contributed by atoms with Gasteiger partial charge < -0.3 is 5.32 Å². The van der Waals surface area contributed by atoms with Crippen LogP contribution in [-0.2, 0) is 11.2 Å². The highest BCUT2D eigenvalue weighted by molar-refractivity contribution is 6.00. The van der Waals surface area contributed by atoms with Crippen LogP contribution >= 0.6 is 0 Å². The third-order valence-electron chi connectivity index (χ3n) is 4.10. The summed E-state index contributed by atoms with van der Waals surface area (Å²) >= 11 is 0. The first kappa shape index (κ1) is 17.5. The lowest BCUT2D eigenvalue weighted by molar-refractivity contribution is -0.116. The van der Waals surface area contributed by atoms with Crippen LogP contribution in [0.5, 0.6) is 0 Å². The summed E-state index contributed by atoms with van der Waals surface area (Å²) in [5.41, 5.74) is 3.37. The highest BCUT2D eigenvalue weighted by Gasteiger charge is 2.10. The number of carbonyl (C=O) groups is 2. The monoisotopic (exact) mass is 348 g/mol. The van der Waals surface area contributed by atoms with Gasteiger partial charge in [-0.25, -0.2) is 9.67 Å². The van der Waals surface area contributed by atoms with E-state index in [2.05, 4.69) is 22.3 Å².